The number of unbranched alkanes of at least 4 members (excludes halogenated alkanes) is 1. The van der Waals surface area contributed by atoms with Gasteiger partial charge in [-0.05, 0) is 12.5 Å². The van der Waals surface area contributed by atoms with Crippen molar-refractivity contribution in [1.29, 1.82) is 0 Å². The van der Waals surface area contributed by atoms with Crippen molar-refractivity contribution in [3.63, 3.8) is 0 Å². The molecule has 0 aromatic heterocycles. The smallest absolute Gasteiger partial charge is 0.142 e. The molecule has 0 saturated carbocycles. The number of benzene rings is 1. The number of rotatable bonds is 2. The maximum atomic E-state index is 9.67. The van der Waals surface area contributed by atoms with Crippen LogP contribution in [0.4, 0.5) is 5.69 Å². The first-order valence-electron chi connectivity index (χ1n) is 4.76. The molecule has 1 atom stereocenters. The van der Waals surface area contributed by atoms with Crippen LogP contribution in [0.25, 0.3) is 0 Å². The minimum atomic E-state index is -0.761. The molecule has 14 heavy (non-hydrogen) atoms. The molecule has 2 heteroatoms. The zero-order chi connectivity index (χ0) is 10.4. The summed E-state index contributed by atoms with van der Waals surface area (Å²) < 4.78 is 0. The molecular formula is C12H15NO. The molecule has 0 unspecified atom stereocenters. The highest BCUT2D eigenvalue weighted by molar-refractivity contribution is 5.49. The molecular weight excluding hydrogens is 174 g/mol. The molecule has 0 saturated heterocycles. The Hall–Kier alpha value is -1.46. The van der Waals surface area contributed by atoms with Gasteiger partial charge in [-0.3, -0.25) is 0 Å². The van der Waals surface area contributed by atoms with Gasteiger partial charge in [0.2, 0.25) is 0 Å². The number of anilines is 1. The Morgan fingerprint density at radius 1 is 1.43 bits per heavy atom. The Balaban J connectivity index is 2.76. The normalized spacial score (nSPS) is 11.6. The lowest BCUT2D eigenvalue weighted by atomic mass is 10.1. The first-order chi connectivity index (χ1) is 6.75. The van der Waals surface area contributed by atoms with E-state index < -0.39 is 6.10 Å². The molecule has 1 aromatic rings. The van der Waals surface area contributed by atoms with E-state index in [4.69, 9.17) is 5.73 Å². The molecule has 0 fully saturated rings. The molecule has 74 valence electrons. The Morgan fingerprint density at radius 2 is 2.14 bits per heavy atom. The summed E-state index contributed by atoms with van der Waals surface area (Å²) in [6, 6.07) is 7.24. The van der Waals surface area contributed by atoms with Gasteiger partial charge < -0.3 is 10.8 Å². The van der Waals surface area contributed by atoms with Crippen LogP contribution >= 0.6 is 0 Å². The molecule has 0 bridgehead atoms. The molecule has 1 aromatic carbocycles. The Kier molecular flexibility index (Phi) is 4.03. The number of para-hydroxylation sites is 1. The minimum Gasteiger partial charge on any atom is -0.398 e. The summed E-state index contributed by atoms with van der Waals surface area (Å²) in [5.41, 5.74) is 6.98. The lowest BCUT2D eigenvalue weighted by Gasteiger charge is -2.06. The van der Waals surface area contributed by atoms with Crippen LogP contribution in [0.3, 0.4) is 0 Å². The molecule has 0 spiro atoms. The standard InChI is InChI=1S/C12H15NO/c1-2-3-4-9-12(14)10-7-5-6-8-11(10)13/h5-8,12,14H,2-3,13H2,1H3/t12-/m0/s1. The van der Waals surface area contributed by atoms with E-state index in [1.807, 2.05) is 12.1 Å². The summed E-state index contributed by atoms with van der Waals surface area (Å²) in [5.74, 6) is 5.67. The van der Waals surface area contributed by atoms with E-state index in [1.165, 1.54) is 0 Å². The molecule has 0 heterocycles. The maximum absolute atomic E-state index is 9.67. The fraction of sp³-hybridized carbons (Fsp3) is 0.333. The van der Waals surface area contributed by atoms with Crippen molar-refractivity contribution < 1.29 is 5.11 Å². The third-order valence-electron chi connectivity index (χ3n) is 1.90. The Morgan fingerprint density at radius 3 is 2.79 bits per heavy atom. The first kappa shape index (κ1) is 10.6. The lowest BCUT2D eigenvalue weighted by molar-refractivity contribution is 0.239. The zero-order valence-electron chi connectivity index (χ0n) is 8.33. The second-order valence-corrected chi connectivity index (χ2v) is 3.10. The van der Waals surface area contributed by atoms with Crippen LogP contribution in [-0.2, 0) is 0 Å². The van der Waals surface area contributed by atoms with Gasteiger partial charge in [0.15, 0.2) is 0 Å². The first-order valence-corrected chi connectivity index (χ1v) is 4.76. The number of aliphatic hydroxyl groups is 1. The topological polar surface area (TPSA) is 46.2 Å². The molecule has 0 radical (unpaired) electrons. The van der Waals surface area contributed by atoms with E-state index in [9.17, 15) is 5.11 Å². The highest BCUT2D eigenvalue weighted by Gasteiger charge is 2.05. The number of aliphatic hydroxyl groups excluding tert-OH is 1. The van der Waals surface area contributed by atoms with Gasteiger partial charge >= 0.3 is 0 Å². The maximum Gasteiger partial charge on any atom is 0.142 e. The van der Waals surface area contributed by atoms with E-state index in [1.54, 1.807) is 12.1 Å². The van der Waals surface area contributed by atoms with Gasteiger partial charge in [0.25, 0.3) is 0 Å². The van der Waals surface area contributed by atoms with Crippen LogP contribution < -0.4 is 5.73 Å². The van der Waals surface area contributed by atoms with Crippen LogP contribution in [0.1, 0.15) is 31.4 Å². The van der Waals surface area contributed by atoms with Gasteiger partial charge in [-0.2, -0.15) is 0 Å². The monoisotopic (exact) mass is 189 g/mol. The number of hydrogen-bond donors (Lipinski definition) is 2. The summed E-state index contributed by atoms with van der Waals surface area (Å²) in [7, 11) is 0. The fourth-order valence-electron chi connectivity index (χ4n) is 1.13. The second-order valence-electron chi connectivity index (χ2n) is 3.10. The molecule has 0 amide bonds. The fourth-order valence-corrected chi connectivity index (χ4v) is 1.13. The van der Waals surface area contributed by atoms with Crippen LogP contribution in [0.15, 0.2) is 24.3 Å². The summed E-state index contributed by atoms with van der Waals surface area (Å²) in [4.78, 5) is 0. The average Bonchev–Trinajstić information content (AvgIpc) is 2.18. The Labute approximate surface area is 84.8 Å². The summed E-state index contributed by atoms with van der Waals surface area (Å²) in [6.45, 7) is 2.05. The van der Waals surface area contributed by atoms with Gasteiger partial charge in [0, 0.05) is 17.7 Å². The molecule has 2 nitrogen and oxygen atoms in total. The third-order valence-corrected chi connectivity index (χ3v) is 1.90. The third kappa shape index (κ3) is 2.79. The van der Waals surface area contributed by atoms with Crippen LogP contribution in [0.5, 0.6) is 0 Å². The number of nitrogens with two attached hydrogens (primary N) is 1. The Bertz CT molecular complexity index is 349. The van der Waals surface area contributed by atoms with Crippen molar-refractivity contribution in [2.45, 2.75) is 25.9 Å². The quantitative estimate of drug-likeness (QED) is 0.553. The van der Waals surface area contributed by atoms with Crippen LogP contribution in [-0.4, -0.2) is 5.11 Å². The summed E-state index contributed by atoms with van der Waals surface area (Å²) in [5, 5.41) is 9.67. The van der Waals surface area contributed by atoms with Gasteiger partial charge in [-0.25, -0.2) is 0 Å². The molecule has 0 aliphatic heterocycles. The van der Waals surface area contributed by atoms with Crippen molar-refractivity contribution >= 4 is 5.69 Å². The minimum absolute atomic E-state index is 0.589. The van der Waals surface area contributed by atoms with Gasteiger partial charge in [0.05, 0.1) is 0 Å². The van der Waals surface area contributed by atoms with Crippen LogP contribution in [0.2, 0.25) is 0 Å². The van der Waals surface area contributed by atoms with Crippen molar-refractivity contribution in [2.75, 3.05) is 5.73 Å². The average molecular weight is 189 g/mol. The number of nitrogen functional groups attached to an aromatic ring is 1. The molecule has 3 N–H and O–H groups in total. The predicted molar refractivity (Wildman–Crippen MR) is 58.5 cm³/mol. The zero-order valence-corrected chi connectivity index (χ0v) is 8.33. The predicted octanol–water partition coefficient (Wildman–Crippen LogP) is 2.11. The molecule has 0 aliphatic carbocycles. The van der Waals surface area contributed by atoms with E-state index in [0.29, 0.717) is 11.3 Å². The van der Waals surface area contributed by atoms with Gasteiger partial charge in [-0.15, -0.1) is 5.92 Å². The van der Waals surface area contributed by atoms with Crippen molar-refractivity contribution in [1.82, 2.24) is 0 Å². The van der Waals surface area contributed by atoms with E-state index >= 15 is 0 Å². The molecule has 1 rings (SSSR count). The highest BCUT2D eigenvalue weighted by Crippen LogP contribution is 2.18. The van der Waals surface area contributed by atoms with Crippen molar-refractivity contribution in [2.24, 2.45) is 0 Å². The van der Waals surface area contributed by atoms with Crippen LogP contribution in [0, 0.1) is 11.8 Å². The van der Waals surface area contributed by atoms with E-state index in [0.717, 1.165) is 12.8 Å². The second kappa shape index (κ2) is 5.31. The van der Waals surface area contributed by atoms with Crippen molar-refractivity contribution in [3.8, 4) is 11.8 Å². The van der Waals surface area contributed by atoms with E-state index in [-0.39, 0.29) is 0 Å². The lowest BCUT2D eigenvalue weighted by Crippen LogP contribution is -1.99. The highest BCUT2D eigenvalue weighted by atomic mass is 16.3. The largest absolute Gasteiger partial charge is 0.398 e. The van der Waals surface area contributed by atoms with Crippen molar-refractivity contribution in [3.05, 3.63) is 29.8 Å². The summed E-state index contributed by atoms with van der Waals surface area (Å²) >= 11 is 0. The van der Waals surface area contributed by atoms with Gasteiger partial charge in [-0.1, -0.05) is 31.0 Å². The number of hydrogen-bond acceptors (Lipinski definition) is 2. The van der Waals surface area contributed by atoms with Gasteiger partial charge in [0.1, 0.15) is 6.10 Å². The van der Waals surface area contributed by atoms with E-state index in [2.05, 4.69) is 18.8 Å². The summed E-state index contributed by atoms with van der Waals surface area (Å²) in [6.07, 6.45) is 1.05. The SMILES string of the molecule is CCCC#C[C@H](O)c1ccccc1N. The molecule has 0 aliphatic rings.